The SMILES string of the molecule is CCCCc1cc(-c2ccc(OC)cc2/C=C/C(=O)C2CCC2)ccc1-c1ccc(OC)c(Cl)c1. The molecule has 0 atom stereocenters. The van der Waals surface area contributed by atoms with E-state index in [9.17, 15) is 4.79 Å². The Hall–Kier alpha value is -3.04. The molecule has 1 fully saturated rings. The van der Waals surface area contributed by atoms with E-state index in [-0.39, 0.29) is 11.7 Å². The molecule has 3 aromatic carbocycles. The number of hydrogen-bond acceptors (Lipinski definition) is 3. The summed E-state index contributed by atoms with van der Waals surface area (Å²) < 4.78 is 10.8. The van der Waals surface area contributed by atoms with Crippen molar-refractivity contribution in [3.63, 3.8) is 0 Å². The van der Waals surface area contributed by atoms with Crippen molar-refractivity contribution in [1.82, 2.24) is 0 Å². The van der Waals surface area contributed by atoms with Crippen LogP contribution in [0.3, 0.4) is 0 Å². The van der Waals surface area contributed by atoms with Crippen LogP contribution in [0.25, 0.3) is 28.3 Å². The molecule has 3 aromatic rings. The third kappa shape index (κ3) is 5.79. The summed E-state index contributed by atoms with van der Waals surface area (Å²) in [6.45, 7) is 2.21. The first-order chi connectivity index (χ1) is 17.0. The summed E-state index contributed by atoms with van der Waals surface area (Å²) in [4.78, 5) is 12.5. The Morgan fingerprint density at radius 1 is 0.971 bits per heavy atom. The summed E-state index contributed by atoms with van der Waals surface area (Å²) in [5, 5.41) is 0.606. The number of carbonyl (C=O) groups is 1. The first-order valence-corrected chi connectivity index (χ1v) is 12.8. The number of halogens is 1. The van der Waals surface area contributed by atoms with Crippen molar-refractivity contribution in [3.8, 4) is 33.8 Å². The van der Waals surface area contributed by atoms with Crippen LogP contribution in [-0.4, -0.2) is 20.0 Å². The van der Waals surface area contributed by atoms with E-state index in [1.165, 1.54) is 11.1 Å². The molecule has 0 aromatic heterocycles. The molecule has 0 spiro atoms. The number of benzene rings is 3. The van der Waals surface area contributed by atoms with E-state index < -0.39 is 0 Å². The van der Waals surface area contributed by atoms with Crippen LogP contribution in [0.4, 0.5) is 0 Å². The monoisotopic (exact) mass is 488 g/mol. The zero-order valence-electron chi connectivity index (χ0n) is 20.8. The number of methoxy groups -OCH3 is 2. The Labute approximate surface area is 213 Å². The van der Waals surface area contributed by atoms with Crippen LogP contribution in [0.2, 0.25) is 5.02 Å². The average molecular weight is 489 g/mol. The Balaban J connectivity index is 1.74. The van der Waals surface area contributed by atoms with E-state index in [2.05, 4.69) is 37.3 Å². The van der Waals surface area contributed by atoms with Crippen LogP contribution < -0.4 is 9.47 Å². The minimum absolute atomic E-state index is 0.191. The van der Waals surface area contributed by atoms with Gasteiger partial charge in [-0.05, 0) is 89.4 Å². The summed E-state index contributed by atoms with van der Waals surface area (Å²) in [7, 11) is 3.29. The molecule has 0 bridgehead atoms. The van der Waals surface area contributed by atoms with Crippen LogP contribution in [0.5, 0.6) is 11.5 Å². The summed E-state index contributed by atoms with van der Waals surface area (Å²) in [6, 6.07) is 18.6. The van der Waals surface area contributed by atoms with Crippen molar-refractivity contribution >= 4 is 23.5 Å². The molecule has 182 valence electrons. The minimum Gasteiger partial charge on any atom is -0.497 e. The maximum Gasteiger partial charge on any atom is 0.158 e. The third-order valence-electron chi connectivity index (χ3n) is 6.87. The zero-order chi connectivity index (χ0) is 24.8. The maximum absolute atomic E-state index is 12.5. The average Bonchev–Trinajstić information content (AvgIpc) is 2.84. The largest absolute Gasteiger partial charge is 0.497 e. The van der Waals surface area contributed by atoms with Gasteiger partial charge in [0.05, 0.1) is 19.2 Å². The molecule has 0 saturated heterocycles. The minimum atomic E-state index is 0.191. The molecule has 1 aliphatic rings. The van der Waals surface area contributed by atoms with Crippen molar-refractivity contribution in [2.75, 3.05) is 14.2 Å². The van der Waals surface area contributed by atoms with Gasteiger partial charge in [0.1, 0.15) is 11.5 Å². The first kappa shape index (κ1) is 25.1. The molecule has 0 heterocycles. The molecule has 0 unspecified atom stereocenters. The number of ketones is 1. The van der Waals surface area contributed by atoms with Crippen molar-refractivity contribution in [1.29, 1.82) is 0 Å². The topological polar surface area (TPSA) is 35.5 Å². The van der Waals surface area contributed by atoms with Crippen LogP contribution in [-0.2, 0) is 11.2 Å². The molecule has 1 saturated carbocycles. The van der Waals surface area contributed by atoms with Crippen molar-refractivity contribution in [3.05, 3.63) is 76.8 Å². The molecule has 0 radical (unpaired) electrons. The van der Waals surface area contributed by atoms with Gasteiger partial charge in [-0.15, -0.1) is 0 Å². The second-order valence-corrected chi connectivity index (χ2v) is 9.55. The van der Waals surface area contributed by atoms with Crippen molar-refractivity contribution in [2.24, 2.45) is 5.92 Å². The Morgan fingerprint density at radius 3 is 2.37 bits per heavy atom. The van der Waals surface area contributed by atoms with Gasteiger partial charge in [0.15, 0.2) is 5.78 Å². The van der Waals surface area contributed by atoms with Crippen LogP contribution in [0, 0.1) is 5.92 Å². The number of hydrogen-bond donors (Lipinski definition) is 0. The molecule has 0 N–H and O–H groups in total. The molecule has 0 aliphatic heterocycles. The lowest BCUT2D eigenvalue weighted by Gasteiger charge is -2.22. The highest BCUT2D eigenvalue weighted by Gasteiger charge is 2.23. The highest BCUT2D eigenvalue weighted by atomic mass is 35.5. The van der Waals surface area contributed by atoms with Crippen LogP contribution in [0.15, 0.2) is 60.7 Å². The van der Waals surface area contributed by atoms with Gasteiger partial charge < -0.3 is 9.47 Å². The fourth-order valence-corrected chi connectivity index (χ4v) is 4.78. The van der Waals surface area contributed by atoms with Crippen LogP contribution in [0.1, 0.15) is 50.2 Å². The predicted octanol–water partition coefficient (Wildman–Crippen LogP) is 8.42. The van der Waals surface area contributed by atoms with Gasteiger partial charge in [0, 0.05) is 5.92 Å². The first-order valence-electron chi connectivity index (χ1n) is 12.4. The molecule has 4 heteroatoms. The molecular weight excluding hydrogens is 456 g/mol. The van der Waals surface area contributed by atoms with Gasteiger partial charge in [-0.1, -0.05) is 67.8 Å². The van der Waals surface area contributed by atoms with Crippen LogP contribution >= 0.6 is 11.6 Å². The predicted molar refractivity (Wildman–Crippen MR) is 145 cm³/mol. The third-order valence-corrected chi connectivity index (χ3v) is 7.17. The van der Waals surface area contributed by atoms with Gasteiger partial charge in [-0.2, -0.15) is 0 Å². The molecule has 3 nitrogen and oxygen atoms in total. The second-order valence-electron chi connectivity index (χ2n) is 9.14. The fraction of sp³-hybridized carbons (Fsp3) is 0.323. The maximum atomic E-state index is 12.5. The summed E-state index contributed by atoms with van der Waals surface area (Å²) in [5.41, 5.74) is 6.73. The van der Waals surface area contributed by atoms with E-state index in [1.54, 1.807) is 20.3 Å². The van der Waals surface area contributed by atoms with Gasteiger partial charge in [-0.25, -0.2) is 0 Å². The highest BCUT2D eigenvalue weighted by molar-refractivity contribution is 6.32. The van der Waals surface area contributed by atoms with Gasteiger partial charge in [0.25, 0.3) is 0 Å². The summed E-state index contributed by atoms with van der Waals surface area (Å²) in [5.74, 6) is 1.87. The van der Waals surface area contributed by atoms with Gasteiger partial charge in [-0.3, -0.25) is 4.79 Å². The Bertz CT molecular complexity index is 1220. The molecule has 35 heavy (non-hydrogen) atoms. The number of carbonyl (C=O) groups excluding carboxylic acids is 1. The number of aryl methyl sites for hydroxylation is 1. The number of allylic oxidation sites excluding steroid dienone is 1. The number of unbranched alkanes of at least 4 members (excludes halogenated alkanes) is 1. The van der Waals surface area contributed by atoms with E-state index in [0.29, 0.717) is 10.8 Å². The van der Waals surface area contributed by atoms with E-state index in [1.807, 2.05) is 30.3 Å². The molecular formula is C31H33ClO3. The number of rotatable bonds is 10. The van der Waals surface area contributed by atoms with E-state index >= 15 is 0 Å². The molecule has 0 amide bonds. The quantitative estimate of drug-likeness (QED) is 0.269. The van der Waals surface area contributed by atoms with E-state index in [0.717, 1.165) is 66.5 Å². The van der Waals surface area contributed by atoms with E-state index in [4.69, 9.17) is 21.1 Å². The fourth-order valence-electron chi connectivity index (χ4n) is 4.52. The lowest BCUT2D eigenvalue weighted by atomic mass is 9.82. The summed E-state index contributed by atoms with van der Waals surface area (Å²) in [6.07, 6.45) is 10.1. The Kier molecular flexibility index (Phi) is 8.30. The summed E-state index contributed by atoms with van der Waals surface area (Å²) >= 11 is 6.44. The molecule has 4 rings (SSSR count). The van der Waals surface area contributed by atoms with Gasteiger partial charge >= 0.3 is 0 Å². The van der Waals surface area contributed by atoms with Crippen molar-refractivity contribution < 1.29 is 14.3 Å². The van der Waals surface area contributed by atoms with Crippen molar-refractivity contribution in [2.45, 2.75) is 45.4 Å². The standard InChI is InChI=1S/C31H33ClO3/c1-4-5-7-22-18-23(10-14-27(22)25-12-17-31(35-3)29(32)20-25)28-15-13-26(34-2)19-24(28)11-16-30(33)21-8-6-9-21/h10-21H,4-9H2,1-3H3/b16-11+. The lowest BCUT2D eigenvalue weighted by molar-refractivity contribution is -0.120. The Morgan fingerprint density at radius 2 is 1.71 bits per heavy atom. The van der Waals surface area contributed by atoms with Gasteiger partial charge in [0.2, 0.25) is 0 Å². The number of ether oxygens (including phenoxy) is 2. The normalized spacial score (nSPS) is 13.6. The second kappa shape index (κ2) is 11.6. The highest BCUT2D eigenvalue weighted by Crippen LogP contribution is 2.36. The lowest BCUT2D eigenvalue weighted by Crippen LogP contribution is -2.19. The zero-order valence-corrected chi connectivity index (χ0v) is 21.5. The smallest absolute Gasteiger partial charge is 0.158 e. The molecule has 1 aliphatic carbocycles.